The van der Waals surface area contributed by atoms with Gasteiger partial charge in [-0.25, -0.2) is 0 Å². The standard InChI is InChI=1S/C24H27NOP.BrH/c1-25(18-8-9-19-25)20-21-14-16-24(17-15-21)27(26,22-10-4-2-5-11-22)23-12-6-3-7-13-23;/h2-7,10-17H,8-9,18-20H2,1H3;1H/q+1;/p-1. The Kier molecular flexibility index (Phi) is 6.60. The van der Waals surface area contributed by atoms with Crippen molar-refractivity contribution in [2.24, 2.45) is 0 Å². The van der Waals surface area contributed by atoms with E-state index in [4.69, 9.17) is 0 Å². The first kappa shape index (κ1) is 21.0. The van der Waals surface area contributed by atoms with Crippen molar-refractivity contribution >= 4 is 23.1 Å². The van der Waals surface area contributed by atoms with Crippen LogP contribution in [-0.2, 0) is 11.1 Å². The zero-order valence-electron chi connectivity index (χ0n) is 16.3. The van der Waals surface area contributed by atoms with E-state index in [9.17, 15) is 4.57 Å². The fraction of sp³-hybridized carbons (Fsp3) is 0.250. The van der Waals surface area contributed by atoms with Crippen LogP contribution in [0.5, 0.6) is 0 Å². The Morgan fingerprint density at radius 1 is 0.714 bits per heavy atom. The summed E-state index contributed by atoms with van der Waals surface area (Å²) < 4.78 is 15.5. The number of halogens is 1. The van der Waals surface area contributed by atoms with E-state index in [2.05, 4.69) is 31.3 Å². The van der Waals surface area contributed by atoms with E-state index in [1.807, 2.05) is 60.7 Å². The molecule has 1 aliphatic rings. The number of hydrogen-bond donors (Lipinski definition) is 0. The maximum atomic E-state index is 14.3. The van der Waals surface area contributed by atoms with Gasteiger partial charge in [-0.1, -0.05) is 84.9 Å². The third-order valence-corrected chi connectivity index (χ3v) is 8.83. The van der Waals surface area contributed by atoms with E-state index in [1.54, 1.807) is 0 Å². The molecule has 1 aliphatic heterocycles. The molecule has 0 spiro atoms. The van der Waals surface area contributed by atoms with Crippen molar-refractivity contribution in [1.29, 1.82) is 0 Å². The van der Waals surface area contributed by atoms with Crippen LogP contribution >= 0.6 is 7.14 Å². The summed E-state index contributed by atoms with van der Waals surface area (Å²) in [5.74, 6) is 0. The van der Waals surface area contributed by atoms with Gasteiger partial charge in [0.2, 0.25) is 0 Å². The fourth-order valence-electron chi connectivity index (χ4n) is 4.23. The normalized spacial score (nSPS) is 15.8. The molecule has 146 valence electrons. The minimum atomic E-state index is -2.85. The maximum absolute atomic E-state index is 14.3. The second-order valence-corrected chi connectivity index (χ2v) is 10.6. The number of hydrogen-bond acceptors (Lipinski definition) is 1. The van der Waals surface area contributed by atoms with Gasteiger partial charge < -0.3 is 26.0 Å². The third-order valence-electron chi connectivity index (χ3n) is 5.75. The summed E-state index contributed by atoms with van der Waals surface area (Å²) in [6.45, 7) is 3.57. The van der Waals surface area contributed by atoms with Gasteiger partial charge in [0.25, 0.3) is 0 Å². The Balaban J connectivity index is 0.00000225. The van der Waals surface area contributed by atoms with Crippen molar-refractivity contribution in [2.75, 3.05) is 20.1 Å². The summed E-state index contributed by atoms with van der Waals surface area (Å²) in [7, 11) is -0.507. The summed E-state index contributed by atoms with van der Waals surface area (Å²) in [6.07, 6.45) is 2.65. The summed E-state index contributed by atoms with van der Waals surface area (Å²) in [5, 5.41) is 2.69. The molecule has 0 unspecified atom stereocenters. The Hall–Kier alpha value is -1.67. The number of rotatable bonds is 5. The first-order chi connectivity index (χ1) is 13.1. The van der Waals surface area contributed by atoms with Crippen molar-refractivity contribution in [1.82, 2.24) is 0 Å². The molecule has 0 N–H and O–H groups in total. The minimum absolute atomic E-state index is 0. The smallest absolute Gasteiger partial charge is 0.171 e. The average Bonchev–Trinajstić information content (AvgIpc) is 3.15. The lowest BCUT2D eigenvalue weighted by Gasteiger charge is -2.29. The second-order valence-electron chi connectivity index (χ2n) is 7.88. The summed E-state index contributed by atoms with van der Waals surface area (Å²) >= 11 is 0. The molecule has 3 aromatic carbocycles. The number of quaternary nitrogens is 1. The van der Waals surface area contributed by atoms with Crippen LogP contribution < -0.4 is 32.9 Å². The van der Waals surface area contributed by atoms with Crippen LogP contribution in [0.15, 0.2) is 84.9 Å². The molecular weight excluding hydrogens is 429 g/mol. The van der Waals surface area contributed by atoms with Gasteiger partial charge in [-0.2, -0.15) is 0 Å². The largest absolute Gasteiger partial charge is 1.00 e. The van der Waals surface area contributed by atoms with Gasteiger partial charge in [0, 0.05) is 34.3 Å². The van der Waals surface area contributed by atoms with Gasteiger partial charge in [-0.05, 0) is 0 Å². The minimum Gasteiger partial charge on any atom is -1.00 e. The lowest BCUT2D eigenvalue weighted by molar-refractivity contribution is -0.910. The molecule has 0 saturated carbocycles. The Morgan fingerprint density at radius 2 is 1.14 bits per heavy atom. The van der Waals surface area contributed by atoms with E-state index in [0.717, 1.165) is 26.9 Å². The highest BCUT2D eigenvalue weighted by Gasteiger charge is 2.30. The van der Waals surface area contributed by atoms with Gasteiger partial charge in [0.15, 0.2) is 7.14 Å². The summed E-state index contributed by atoms with van der Waals surface area (Å²) in [6, 6.07) is 28.3. The third kappa shape index (κ3) is 4.17. The molecule has 3 aromatic rings. The first-order valence-electron chi connectivity index (χ1n) is 9.75. The number of benzene rings is 3. The van der Waals surface area contributed by atoms with Crippen molar-refractivity contribution in [3.8, 4) is 0 Å². The molecule has 4 heteroatoms. The molecule has 0 bridgehead atoms. The van der Waals surface area contributed by atoms with Crippen molar-refractivity contribution in [3.05, 3.63) is 90.5 Å². The van der Waals surface area contributed by atoms with Gasteiger partial charge in [0.05, 0.1) is 20.1 Å². The molecule has 0 aromatic heterocycles. The monoisotopic (exact) mass is 455 g/mol. The average molecular weight is 456 g/mol. The molecule has 1 saturated heterocycles. The van der Waals surface area contributed by atoms with Crippen LogP contribution in [0.3, 0.4) is 0 Å². The highest BCUT2D eigenvalue weighted by Crippen LogP contribution is 2.42. The van der Waals surface area contributed by atoms with Crippen LogP contribution in [0.25, 0.3) is 0 Å². The zero-order chi connectivity index (χ0) is 18.7. The van der Waals surface area contributed by atoms with Gasteiger partial charge in [0.1, 0.15) is 6.54 Å². The van der Waals surface area contributed by atoms with Crippen molar-refractivity contribution in [2.45, 2.75) is 19.4 Å². The van der Waals surface area contributed by atoms with Crippen LogP contribution in [0.4, 0.5) is 0 Å². The molecule has 1 heterocycles. The Bertz CT molecular complexity index is 892. The second kappa shape index (κ2) is 8.78. The van der Waals surface area contributed by atoms with E-state index in [1.165, 1.54) is 31.5 Å². The quantitative estimate of drug-likeness (QED) is 0.415. The molecule has 0 radical (unpaired) electrons. The maximum Gasteiger partial charge on any atom is 0.171 e. The van der Waals surface area contributed by atoms with Crippen molar-refractivity contribution in [3.63, 3.8) is 0 Å². The zero-order valence-corrected chi connectivity index (χ0v) is 18.8. The van der Waals surface area contributed by atoms with Crippen LogP contribution in [0.1, 0.15) is 18.4 Å². The van der Waals surface area contributed by atoms with E-state index < -0.39 is 7.14 Å². The lowest BCUT2D eigenvalue weighted by Crippen LogP contribution is -3.00. The van der Waals surface area contributed by atoms with Crippen LogP contribution in [0, 0.1) is 0 Å². The predicted molar refractivity (Wildman–Crippen MR) is 115 cm³/mol. The lowest BCUT2D eigenvalue weighted by atomic mass is 10.2. The van der Waals surface area contributed by atoms with Gasteiger partial charge >= 0.3 is 0 Å². The summed E-state index contributed by atoms with van der Waals surface area (Å²) in [5.41, 5.74) is 1.33. The molecule has 2 nitrogen and oxygen atoms in total. The first-order valence-corrected chi connectivity index (χ1v) is 11.5. The Morgan fingerprint density at radius 3 is 1.61 bits per heavy atom. The van der Waals surface area contributed by atoms with Gasteiger partial charge in [-0.3, -0.25) is 0 Å². The summed E-state index contributed by atoms with van der Waals surface area (Å²) in [4.78, 5) is 0. The van der Waals surface area contributed by atoms with E-state index in [0.29, 0.717) is 0 Å². The molecule has 4 rings (SSSR count). The van der Waals surface area contributed by atoms with Crippen LogP contribution in [-0.4, -0.2) is 24.6 Å². The number of nitrogens with zero attached hydrogens (tertiary/aromatic N) is 1. The van der Waals surface area contributed by atoms with Gasteiger partial charge in [-0.15, -0.1) is 0 Å². The SMILES string of the molecule is C[N+]1(Cc2ccc(P(=O)(c3ccccc3)c3ccccc3)cc2)CCCC1.[Br-]. The Labute approximate surface area is 179 Å². The molecule has 0 atom stereocenters. The predicted octanol–water partition coefficient (Wildman–Crippen LogP) is 1.07. The topological polar surface area (TPSA) is 17.1 Å². The van der Waals surface area contributed by atoms with E-state index >= 15 is 0 Å². The molecular formula is C24H27BrNOP. The molecule has 28 heavy (non-hydrogen) atoms. The molecule has 0 aliphatic carbocycles. The van der Waals surface area contributed by atoms with Crippen LogP contribution in [0.2, 0.25) is 0 Å². The van der Waals surface area contributed by atoms with Crippen molar-refractivity contribution < 1.29 is 26.0 Å². The van der Waals surface area contributed by atoms with E-state index in [-0.39, 0.29) is 17.0 Å². The highest BCUT2D eigenvalue weighted by molar-refractivity contribution is 7.85. The molecule has 0 amide bonds. The fourth-order valence-corrected chi connectivity index (χ4v) is 6.88. The molecule has 1 fully saturated rings. The highest BCUT2D eigenvalue weighted by atomic mass is 79.9. The number of likely N-dealkylation sites (tertiary alicyclic amines) is 1.